The molecule has 4 rings (SSSR count). The Balaban J connectivity index is 1.94. The fraction of sp³-hybridized carbons (Fsp3) is 0.391. The van der Waals surface area contributed by atoms with Crippen LogP contribution < -0.4 is 10.6 Å². The molecule has 152 valence electrons. The van der Waals surface area contributed by atoms with Gasteiger partial charge in [-0.25, -0.2) is 0 Å². The Morgan fingerprint density at radius 2 is 1.79 bits per heavy atom. The molecule has 2 aromatic rings. The predicted octanol–water partition coefficient (Wildman–Crippen LogP) is 5.13. The average molecular weight is 457 g/mol. The smallest absolute Gasteiger partial charge is 0.310 e. The highest BCUT2D eigenvalue weighted by Crippen LogP contribution is 2.50. The zero-order valence-corrected chi connectivity index (χ0v) is 18.5. The van der Waals surface area contributed by atoms with Crippen molar-refractivity contribution in [2.24, 2.45) is 0 Å². The number of rotatable bonds is 3. The fourth-order valence-electron chi connectivity index (χ4n) is 4.49. The number of hydrogen-bond acceptors (Lipinski definition) is 4. The number of methoxy groups -OCH3 is 1. The van der Waals surface area contributed by atoms with E-state index in [1.54, 1.807) is 0 Å². The largest absolute Gasteiger partial charge is 0.469 e. The van der Waals surface area contributed by atoms with Crippen LogP contribution in [0, 0.1) is 13.8 Å². The van der Waals surface area contributed by atoms with Crippen molar-refractivity contribution < 1.29 is 14.3 Å². The lowest BCUT2D eigenvalue weighted by atomic mass is 9.87. The van der Waals surface area contributed by atoms with E-state index in [4.69, 9.17) is 4.74 Å². The molecule has 0 saturated heterocycles. The molecule has 0 bridgehead atoms. The third kappa shape index (κ3) is 3.33. The van der Waals surface area contributed by atoms with Gasteiger partial charge in [0, 0.05) is 5.56 Å². The molecule has 2 N–H and O–H groups in total. The van der Waals surface area contributed by atoms with Gasteiger partial charge in [-0.3, -0.25) is 9.59 Å². The Morgan fingerprint density at radius 1 is 1.14 bits per heavy atom. The van der Waals surface area contributed by atoms with Gasteiger partial charge in [0.05, 0.1) is 29.4 Å². The van der Waals surface area contributed by atoms with Gasteiger partial charge in [0.1, 0.15) is 5.54 Å². The zero-order chi connectivity index (χ0) is 20.8. The van der Waals surface area contributed by atoms with Crippen LogP contribution in [-0.2, 0) is 20.7 Å². The molecule has 2 aliphatic rings. The van der Waals surface area contributed by atoms with Gasteiger partial charge in [-0.15, -0.1) is 0 Å². The minimum absolute atomic E-state index is 0.0182. The summed E-state index contributed by atoms with van der Waals surface area (Å²) in [7, 11) is 1.39. The maximum Gasteiger partial charge on any atom is 0.310 e. The minimum Gasteiger partial charge on any atom is -0.469 e. The number of nitrogens with one attached hydrogen (secondary N) is 2. The zero-order valence-electron chi connectivity index (χ0n) is 16.9. The Bertz CT molecular complexity index is 992. The standard InChI is InChI=1S/C23H25BrN2O3/c1-13-6-8-15(9-7-13)18-16(12-17(27)29-3)14(2)20-21(19(18)24)26-23(22(28)25-20)10-4-5-11-23/h6-9,26H,4-5,10-12H2,1-3H3,(H,25,28). The normalized spacial score (nSPS) is 16.9. The first-order valence-corrected chi connectivity index (χ1v) is 10.7. The molecule has 6 heteroatoms. The van der Waals surface area contributed by atoms with Crippen LogP contribution in [0.15, 0.2) is 28.7 Å². The maximum atomic E-state index is 12.9. The van der Waals surface area contributed by atoms with Crippen molar-refractivity contribution in [1.82, 2.24) is 0 Å². The molecule has 1 spiro atoms. The lowest BCUT2D eigenvalue weighted by Gasteiger charge is -2.38. The Labute approximate surface area is 179 Å². The molecule has 1 aliphatic carbocycles. The van der Waals surface area contributed by atoms with E-state index in [9.17, 15) is 9.59 Å². The summed E-state index contributed by atoms with van der Waals surface area (Å²) < 4.78 is 5.81. The van der Waals surface area contributed by atoms with Crippen LogP contribution in [-0.4, -0.2) is 24.5 Å². The van der Waals surface area contributed by atoms with Crippen molar-refractivity contribution in [2.45, 2.75) is 51.5 Å². The number of carbonyl (C=O) groups is 2. The number of amides is 1. The van der Waals surface area contributed by atoms with Crippen molar-refractivity contribution in [3.05, 3.63) is 45.4 Å². The number of benzene rings is 2. The molecule has 1 aliphatic heterocycles. The molecule has 5 nitrogen and oxygen atoms in total. The van der Waals surface area contributed by atoms with Crippen LogP contribution in [0.2, 0.25) is 0 Å². The van der Waals surface area contributed by atoms with Gasteiger partial charge in [-0.2, -0.15) is 0 Å². The summed E-state index contributed by atoms with van der Waals surface area (Å²) in [6, 6.07) is 8.25. The molecule has 0 atom stereocenters. The molecular formula is C23H25BrN2O3. The molecule has 1 saturated carbocycles. The van der Waals surface area contributed by atoms with E-state index in [2.05, 4.69) is 50.8 Å². The average Bonchev–Trinajstić information content (AvgIpc) is 3.18. The van der Waals surface area contributed by atoms with Gasteiger partial charge in [0.15, 0.2) is 0 Å². The first kappa shape index (κ1) is 20.0. The van der Waals surface area contributed by atoms with Crippen LogP contribution in [0.1, 0.15) is 42.4 Å². The Kier molecular flexibility index (Phi) is 5.15. The quantitative estimate of drug-likeness (QED) is 0.628. The second kappa shape index (κ2) is 7.48. The molecule has 0 radical (unpaired) electrons. The first-order valence-electron chi connectivity index (χ1n) is 9.95. The summed E-state index contributed by atoms with van der Waals surface area (Å²) in [5, 5.41) is 6.71. The summed E-state index contributed by atoms with van der Waals surface area (Å²) in [6.07, 6.45) is 3.87. The molecular weight excluding hydrogens is 432 g/mol. The van der Waals surface area contributed by atoms with E-state index < -0.39 is 5.54 Å². The number of carbonyl (C=O) groups excluding carboxylic acids is 2. The van der Waals surface area contributed by atoms with Gasteiger partial charge >= 0.3 is 5.97 Å². The number of esters is 1. The molecule has 0 unspecified atom stereocenters. The highest BCUT2D eigenvalue weighted by Gasteiger charge is 2.45. The SMILES string of the molecule is COC(=O)Cc1c(C)c2c(c(Br)c1-c1ccc(C)cc1)NC1(CCCC1)C(=O)N2. The highest BCUT2D eigenvalue weighted by atomic mass is 79.9. The van der Waals surface area contributed by atoms with E-state index >= 15 is 0 Å². The van der Waals surface area contributed by atoms with Crippen molar-refractivity contribution >= 4 is 39.2 Å². The summed E-state index contributed by atoms with van der Waals surface area (Å²) >= 11 is 3.80. The highest BCUT2D eigenvalue weighted by molar-refractivity contribution is 9.10. The Hall–Kier alpha value is -2.34. The summed E-state index contributed by atoms with van der Waals surface area (Å²) in [5.74, 6) is -0.291. The third-order valence-corrected chi connectivity index (χ3v) is 7.00. The van der Waals surface area contributed by atoms with Crippen molar-refractivity contribution in [3.8, 4) is 11.1 Å². The maximum absolute atomic E-state index is 12.9. The van der Waals surface area contributed by atoms with Crippen LogP contribution in [0.25, 0.3) is 11.1 Å². The third-order valence-electron chi connectivity index (χ3n) is 6.20. The van der Waals surface area contributed by atoms with E-state index in [1.807, 2.05) is 13.8 Å². The number of anilines is 2. The number of halogens is 1. The molecule has 1 heterocycles. The first-order chi connectivity index (χ1) is 13.9. The van der Waals surface area contributed by atoms with Crippen LogP contribution in [0.3, 0.4) is 0 Å². The second-order valence-corrected chi connectivity index (χ2v) is 8.82. The van der Waals surface area contributed by atoms with Gasteiger partial charge in [0.25, 0.3) is 0 Å². The molecule has 2 aromatic carbocycles. The summed E-state index contributed by atoms with van der Waals surface area (Å²) in [6.45, 7) is 4.00. The van der Waals surface area contributed by atoms with Crippen LogP contribution in [0.4, 0.5) is 11.4 Å². The lowest BCUT2D eigenvalue weighted by Crippen LogP contribution is -2.50. The van der Waals surface area contributed by atoms with Gasteiger partial charge in [0.2, 0.25) is 5.91 Å². The summed E-state index contributed by atoms with van der Waals surface area (Å²) in [4.78, 5) is 25.1. The van der Waals surface area contributed by atoms with Gasteiger partial charge in [-0.05, 0) is 59.3 Å². The number of hydrogen-bond donors (Lipinski definition) is 2. The van der Waals surface area contributed by atoms with E-state index in [0.717, 1.165) is 63.8 Å². The summed E-state index contributed by atoms with van der Waals surface area (Å²) in [5.41, 5.74) is 5.99. The second-order valence-electron chi connectivity index (χ2n) is 8.03. The Morgan fingerprint density at radius 3 is 2.41 bits per heavy atom. The minimum atomic E-state index is -0.545. The predicted molar refractivity (Wildman–Crippen MR) is 118 cm³/mol. The monoisotopic (exact) mass is 456 g/mol. The van der Waals surface area contributed by atoms with Crippen molar-refractivity contribution in [1.29, 1.82) is 0 Å². The molecule has 0 aromatic heterocycles. The number of fused-ring (bicyclic) bond motifs is 1. The fourth-order valence-corrected chi connectivity index (χ4v) is 5.25. The van der Waals surface area contributed by atoms with Crippen molar-refractivity contribution in [2.75, 3.05) is 17.7 Å². The number of ether oxygens (including phenoxy) is 1. The van der Waals surface area contributed by atoms with E-state index in [-0.39, 0.29) is 18.3 Å². The molecule has 1 amide bonds. The topological polar surface area (TPSA) is 67.4 Å². The number of aryl methyl sites for hydroxylation is 1. The van der Waals surface area contributed by atoms with Gasteiger partial charge < -0.3 is 15.4 Å². The van der Waals surface area contributed by atoms with Crippen LogP contribution in [0.5, 0.6) is 0 Å². The van der Waals surface area contributed by atoms with E-state index in [0.29, 0.717) is 0 Å². The van der Waals surface area contributed by atoms with Crippen molar-refractivity contribution in [3.63, 3.8) is 0 Å². The molecule has 29 heavy (non-hydrogen) atoms. The lowest BCUT2D eigenvalue weighted by molar-refractivity contribution is -0.139. The van der Waals surface area contributed by atoms with Gasteiger partial charge in [-0.1, -0.05) is 42.7 Å². The molecule has 1 fully saturated rings. The van der Waals surface area contributed by atoms with E-state index in [1.165, 1.54) is 12.7 Å². The van der Waals surface area contributed by atoms with Crippen LogP contribution >= 0.6 is 15.9 Å².